The first-order chi connectivity index (χ1) is 9.77. The van der Waals surface area contributed by atoms with Gasteiger partial charge in [0.25, 0.3) is 0 Å². The maximum Gasteiger partial charge on any atom is 0.410 e. The highest BCUT2D eigenvalue weighted by Crippen LogP contribution is 2.27. The van der Waals surface area contributed by atoms with Crippen LogP contribution in [0.4, 0.5) is 4.79 Å². The number of hydrogen-bond acceptors (Lipinski definition) is 5. The summed E-state index contributed by atoms with van der Waals surface area (Å²) in [6.07, 6.45) is 3.87. The molecule has 0 N–H and O–H groups in total. The molecule has 6 heteroatoms. The van der Waals surface area contributed by atoms with Crippen LogP contribution in [0.2, 0.25) is 0 Å². The van der Waals surface area contributed by atoms with Gasteiger partial charge in [-0.15, -0.1) is 0 Å². The molecule has 0 spiro atoms. The average molecular weight is 293 g/mol. The summed E-state index contributed by atoms with van der Waals surface area (Å²) in [5.74, 6) is 0.648. The second kappa shape index (κ2) is 5.97. The molecule has 1 aromatic heterocycles. The number of nitrogens with zero attached hydrogens (tertiary/aromatic N) is 3. The van der Waals surface area contributed by atoms with E-state index in [1.54, 1.807) is 23.4 Å². The lowest BCUT2D eigenvalue weighted by molar-refractivity contribution is -0.0400. The van der Waals surface area contributed by atoms with Crippen LogP contribution in [0.25, 0.3) is 0 Å². The van der Waals surface area contributed by atoms with Crippen LogP contribution in [0.5, 0.6) is 0 Å². The first-order valence-electron chi connectivity index (χ1n) is 7.15. The number of carbonyl (C=O) groups is 1. The van der Waals surface area contributed by atoms with Crippen LogP contribution in [0.1, 0.15) is 39.9 Å². The molecule has 6 nitrogen and oxygen atoms in total. The predicted octanol–water partition coefficient (Wildman–Crippen LogP) is 2.39. The molecule has 1 fully saturated rings. The van der Waals surface area contributed by atoms with Crippen molar-refractivity contribution in [3.8, 4) is 0 Å². The van der Waals surface area contributed by atoms with E-state index in [0.717, 1.165) is 6.42 Å². The van der Waals surface area contributed by atoms with Crippen LogP contribution in [0.3, 0.4) is 0 Å². The topological polar surface area (TPSA) is 64.5 Å². The van der Waals surface area contributed by atoms with Gasteiger partial charge < -0.3 is 14.4 Å². The second-order valence-electron chi connectivity index (χ2n) is 6.56. The summed E-state index contributed by atoms with van der Waals surface area (Å²) in [6, 6.07) is 1.77. The second-order valence-corrected chi connectivity index (χ2v) is 6.56. The molecule has 1 aliphatic rings. The third-order valence-electron chi connectivity index (χ3n) is 3.26. The van der Waals surface area contributed by atoms with E-state index in [9.17, 15) is 4.79 Å². The smallest absolute Gasteiger partial charge is 0.410 e. The lowest BCUT2D eigenvalue weighted by Gasteiger charge is -2.27. The average Bonchev–Trinajstić information content (AvgIpc) is 2.79. The standard InChI is InChI=1S/C15H23N3O3/c1-14(2,3)21-13(19)18-9-6-15(4,11-18)20-10-12-16-7-5-8-17-12/h5,7-8H,6,9-11H2,1-4H3. The Hall–Kier alpha value is -1.69. The van der Waals surface area contributed by atoms with Crippen LogP contribution < -0.4 is 0 Å². The van der Waals surface area contributed by atoms with Crippen LogP contribution in [0.15, 0.2) is 18.5 Å². The first-order valence-corrected chi connectivity index (χ1v) is 7.15. The zero-order valence-corrected chi connectivity index (χ0v) is 13.1. The van der Waals surface area contributed by atoms with E-state index in [1.807, 2.05) is 27.7 Å². The minimum Gasteiger partial charge on any atom is -0.444 e. The molecule has 1 unspecified atom stereocenters. The summed E-state index contributed by atoms with van der Waals surface area (Å²) in [7, 11) is 0. The van der Waals surface area contributed by atoms with Gasteiger partial charge in [-0.2, -0.15) is 0 Å². The van der Waals surface area contributed by atoms with E-state index in [1.165, 1.54) is 0 Å². The summed E-state index contributed by atoms with van der Waals surface area (Å²) in [6.45, 7) is 9.10. The number of aromatic nitrogens is 2. The third kappa shape index (κ3) is 4.67. The minimum absolute atomic E-state index is 0.286. The zero-order valence-electron chi connectivity index (χ0n) is 13.1. The number of ether oxygens (including phenoxy) is 2. The van der Waals surface area contributed by atoms with E-state index in [-0.39, 0.29) is 11.7 Å². The zero-order chi connectivity index (χ0) is 15.5. The highest BCUT2D eigenvalue weighted by molar-refractivity contribution is 5.68. The molecule has 0 radical (unpaired) electrons. The van der Waals surface area contributed by atoms with Crippen molar-refractivity contribution in [2.24, 2.45) is 0 Å². The molecular formula is C15H23N3O3. The maximum absolute atomic E-state index is 12.0. The molecule has 1 saturated heterocycles. The molecule has 21 heavy (non-hydrogen) atoms. The Morgan fingerprint density at radius 2 is 2.05 bits per heavy atom. The number of likely N-dealkylation sites (tertiary alicyclic amines) is 1. The summed E-state index contributed by atoms with van der Waals surface area (Å²) in [5, 5.41) is 0. The van der Waals surface area contributed by atoms with Crippen molar-refractivity contribution in [3.63, 3.8) is 0 Å². The van der Waals surface area contributed by atoms with Gasteiger partial charge in [-0.1, -0.05) is 0 Å². The Morgan fingerprint density at radius 1 is 1.38 bits per heavy atom. The minimum atomic E-state index is -0.477. The van der Waals surface area contributed by atoms with Crippen LogP contribution in [0, 0.1) is 0 Å². The number of hydrogen-bond donors (Lipinski definition) is 0. The summed E-state index contributed by atoms with van der Waals surface area (Å²) in [4.78, 5) is 22.0. The van der Waals surface area contributed by atoms with Gasteiger partial charge in [0.15, 0.2) is 5.82 Å². The Labute approximate surface area is 125 Å². The van der Waals surface area contributed by atoms with Gasteiger partial charge in [-0.25, -0.2) is 14.8 Å². The summed E-state index contributed by atoms with van der Waals surface area (Å²) < 4.78 is 11.3. The fraction of sp³-hybridized carbons (Fsp3) is 0.667. The molecule has 1 atom stereocenters. The quantitative estimate of drug-likeness (QED) is 0.856. The van der Waals surface area contributed by atoms with Gasteiger partial charge in [-0.3, -0.25) is 0 Å². The molecule has 1 aromatic rings. The Morgan fingerprint density at radius 3 is 2.67 bits per heavy atom. The van der Waals surface area contributed by atoms with Crippen LogP contribution in [-0.4, -0.2) is 45.3 Å². The molecule has 1 amide bonds. The van der Waals surface area contributed by atoms with Gasteiger partial charge in [-0.05, 0) is 40.2 Å². The highest BCUT2D eigenvalue weighted by atomic mass is 16.6. The van der Waals surface area contributed by atoms with Gasteiger partial charge in [0, 0.05) is 18.9 Å². The number of amides is 1. The predicted molar refractivity (Wildman–Crippen MR) is 77.7 cm³/mol. The lowest BCUT2D eigenvalue weighted by atomic mass is 10.1. The van der Waals surface area contributed by atoms with Crippen molar-refractivity contribution in [1.29, 1.82) is 0 Å². The number of rotatable bonds is 3. The van der Waals surface area contributed by atoms with E-state index in [2.05, 4.69) is 9.97 Å². The van der Waals surface area contributed by atoms with Crippen molar-refractivity contribution in [1.82, 2.24) is 14.9 Å². The first kappa shape index (κ1) is 15.7. The van der Waals surface area contributed by atoms with Gasteiger partial charge in [0.2, 0.25) is 0 Å². The molecule has 0 saturated carbocycles. The molecule has 1 aliphatic heterocycles. The van der Waals surface area contributed by atoms with E-state index >= 15 is 0 Å². The Bertz CT molecular complexity index is 487. The molecule has 2 rings (SSSR count). The third-order valence-corrected chi connectivity index (χ3v) is 3.26. The van der Waals surface area contributed by atoms with Crippen molar-refractivity contribution in [2.75, 3.05) is 13.1 Å². The van der Waals surface area contributed by atoms with Crippen molar-refractivity contribution >= 4 is 6.09 Å². The highest BCUT2D eigenvalue weighted by Gasteiger charge is 2.38. The molecule has 2 heterocycles. The van der Waals surface area contributed by atoms with Gasteiger partial charge in [0.1, 0.15) is 12.2 Å². The van der Waals surface area contributed by atoms with Crippen molar-refractivity contribution < 1.29 is 14.3 Å². The van der Waals surface area contributed by atoms with Gasteiger partial charge in [0.05, 0.1) is 12.1 Å². The van der Waals surface area contributed by atoms with Crippen LogP contribution >= 0.6 is 0 Å². The molecule has 0 aliphatic carbocycles. The SMILES string of the molecule is CC(C)(C)OC(=O)N1CCC(C)(OCc2ncccn2)C1. The van der Waals surface area contributed by atoms with Gasteiger partial charge >= 0.3 is 6.09 Å². The van der Waals surface area contributed by atoms with Crippen molar-refractivity contribution in [3.05, 3.63) is 24.3 Å². The Balaban J connectivity index is 1.87. The fourth-order valence-electron chi connectivity index (χ4n) is 2.18. The summed E-state index contributed by atoms with van der Waals surface area (Å²) >= 11 is 0. The number of carbonyl (C=O) groups excluding carboxylic acids is 1. The molecular weight excluding hydrogens is 270 g/mol. The van der Waals surface area contributed by atoms with E-state index in [4.69, 9.17) is 9.47 Å². The largest absolute Gasteiger partial charge is 0.444 e. The van der Waals surface area contributed by atoms with Crippen molar-refractivity contribution in [2.45, 2.75) is 51.9 Å². The maximum atomic E-state index is 12.0. The van der Waals surface area contributed by atoms with Crippen LogP contribution in [-0.2, 0) is 16.1 Å². The lowest BCUT2D eigenvalue weighted by Crippen LogP contribution is -2.39. The molecule has 116 valence electrons. The van der Waals surface area contributed by atoms with E-state index < -0.39 is 5.60 Å². The molecule has 0 aromatic carbocycles. The Kier molecular flexibility index (Phi) is 4.46. The monoisotopic (exact) mass is 293 g/mol. The molecule has 0 bridgehead atoms. The fourth-order valence-corrected chi connectivity index (χ4v) is 2.18. The van der Waals surface area contributed by atoms with E-state index in [0.29, 0.717) is 25.5 Å². The normalized spacial score (nSPS) is 22.4. The summed E-state index contributed by atoms with van der Waals surface area (Å²) in [5.41, 5.74) is -0.856.